The van der Waals surface area contributed by atoms with Crippen molar-refractivity contribution >= 4 is 5.97 Å². The van der Waals surface area contributed by atoms with Gasteiger partial charge >= 0.3 is 5.97 Å². The molecule has 1 aromatic heterocycles. The smallest absolute Gasteiger partial charge is 0.306 e. The summed E-state index contributed by atoms with van der Waals surface area (Å²) in [5.74, 6) is 0.915. The first-order chi connectivity index (χ1) is 19.1. The predicted octanol–water partition coefficient (Wildman–Crippen LogP) is 9.91. The number of rotatable bonds is 23. The Morgan fingerprint density at radius 2 is 1.23 bits per heavy atom. The standard InChI is InChI=1S/C34H54N2O3/c1-4-6-8-10-12-13-14-16-18-20-34(37)39-29(3)30-21-23-31(24-22-30)32(19-17-15-11-9-7-5-2)27-38-33-25-35-28-36-26-33/h21-26,28-29,32H,4-20,27H2,1-3H3. The van der Waals surface area contributed by atoms with E-state index in [1.165, 1.54) is 95.4 Å². The molecular formula is C34H54N2O3. The second kappa shape index (κ2) is 21.4. The van der Waals surface area contributed by atoms with Crippen LogP contribution in [0.3, 0.4) is 0 Å². The average Bonchev–Trinajstić information content (AvgIpc) is 2.96. The number of benzene rings is 1. The molecule has 0 fully saturated rings. The lowest BCUT2D eigenvalue weighted by atomic mass is 9.92. The number of aromatic nitrogens is 2. The van der Waals surface area contributed by atoms with E-state index in [4.69, 9.17) is 9.47 Å². The molecule has 2 aromatic rings. The van der Waals surface area contributed by atoms with Crippen LogP contribution in [0.4, 0.5) is 0 Å². The molecule has 39 heavy (non-hydrogen) atoms. The Labute approximate surface area is 238 Å². The fourth-order valence-corrected chi connectivity index (χ4v) is 5.02. The number of hydrogen-bond donors (Lipinski definition) is 0. The lowest BCUT2D eigenvalue weighted by Crippen LogP contribution is -2.12. The summed E-state index contributed by atoms with van der Waals surface area (Å²) in [5, 5.41) is 0. The fourth-order valence-electron chi connectivity index (χ4n) is 5.02. The largest absolute Gasteiger partial charge is 0.490 e. The third kappa shape index (κ3) is 15.1. The van der Waals surface area contributed by atoms with Crippen molar-refractivity contribution in [3.8, 4) is 5.75 Å². The highest BCUT2D eigenvalue weighted by Crippen LogP contribution is 2.27. The lowest BCUT2D eigenvalue weighted by Gasteiger charge is -2.20. The molecule has 0 aliphatic carbocycles. The summed E-state index contributed by atoms with van der Waals surface area (Å²) in [6, 6.07) is 8.55. The molecule has 2 unspecified atom stereocenters. The van der Waals surface area contributed by atoms with Gasteiger partial charge in [-0.3, -0.25) is 4.79 Å². The van der Waals surface area contributed by atoms with Gasteiger partial charge in [-0.05, 0) is 30.9 Å². The van der Waals surface area contributed by atoms with E-state index < -0.39 is 0 Å². The summed E-state index contributed by atoms with van der Waals surface area (Å²) in [4.78, 5) is 20.5. The quantitative estimate of drug-likeness (QED) is 0.104. The number of hydrogen-bond acceptors (Lipinski definition) is 5. The number of esters is 1. The summed E-state index contributed by atoms with van der Waals surface area (Å²) < 4.78 is 11.8. The molecule has 218 valence electrons. The Morgan fingerprint density at radius 1 is 0.718 bits per heavy atom. The van der Waals surface area contributed by atoms with Gasteiger partial charge in [-0.15, -0.1) is 0 Å². The molecule has 0 bridgehead atoms. The van der Waals surface area contributed by atoms with Gasteiger partial charge in [-0.25, -0.2) is 9.97 Å². The van der Waals surface area contributed by atoms with Gasteiger partial charge in [0, 0.05) is 12.3 Å². The number of carbonyl (C=O) groups is 1. The number of nitrogens with zero attached hydrogens (tertiary/aromatic N) is 2. The monoisotopic (exact) mass is 538 g/mol. The van der Waals surface area contributed by atoms with Crippen LogP contribution in [0.25, 0.3) is 0 Å². The summed E-state index contributed by atoms with van der Waals surface area (Å²) in [7, 11) is 0. The fraction of sp³-hybridized carbons (Fsp3) is 0.676. The van der Waals surface area contributed by atoms with Gasteiger partial charge in [0.1, 0.15) is 12.4 Å². The van der Waals surface area contributed by atoms with Crippen molar-refractivity contribution in [3.63, 3.8) is 0 Å². The van der Waals surface area contributed by atoms with Gasteiger partial charge in [0.05, 0.1) is 19.0 Å². The summed E-state index contributed by atoms with van der Waals surface area (Å²) in [6.45, 7) is 7.08. The maximum absolute atomic E-state index is 12.4. The molecule has 2 rings (SSSR count). The first-order valence-electron chi connectivity index (χ1n) is 15.8. The molecule has 0 aliphatic heterocycles. The average molecular weight is 539 g/mol. The molecule has 5 heteroatoms. The first-order valence-corrected chi connectivity index (χ1v) is 15.8. The molecule has 1 aromatic carbocycles. The topological polar surface area (TPSA) is 61.3 Å². The molecule has 0 saturated carbocycles. The van der Waals surface area contributed by atoms with Gasteiger partial charge in [0.15, 0.2) is 5.75 Å². The molecule has 0 saturated heterocycles. The summed E-state index contributed by atoms with van der Waals surface area (Å²) >= 11 is 0. The maximum atomic E-state index is 12.4. The number of carbonyl (C=O) groups excluding carboxylic acids is 1. The molecule has 5 nitrogen and oxygen atoms in total. The van der Waals surface area contributed by atoms with Crippen molar-refractivity contribution in [1.29, 1.82) is 0 Å². The van der Waals surface area contributed by atoms with Crippen molar-refractivity contribution < 1.29 is 14.3 Å². The number of ether oxygens (including phenoxy) is 2. The van der Waals surface area contributed by atoms with Crippen LogP contribution in [0.15, 0.2) is 43.0 Å². The van der Waals surface area contributed by atoms with Gasteiger partial charge in [0.2, 0.25) is 0 Å². The molecule has 0 spiro atoms. The second-order valence-electron chi connectivity index (χ2n) is 11.0. The zero-order chi connectivity index (χ0) is 28.0. The normalized spacial score (nSPS) is 12.7. The van der Waals surface area contributed by atoms with Crippen LogP contribution in [-0.4, -0.2) is 22.5 Å². The minimum absolute atomic E-state index is 0.0889. The van der Waals surface area contributed by atoms with Gasteiger partial charge in [-0.2, -0.15) is 0 Å². The third-order valence-corrected chi connectivity index (χ3v) is 7.56. The van der Waals surface area contributed by atoms with Crippen molar-refractivity contribution in [2.45, 2.75) is 142 Å². The van der Waals surface area contributed by atoms with E-state index in [9.17, 15) is 4.79 Å². The van der Waals surface area contributed by atoms with Gasteiger partial charge in [-0.1, -0.05) is 128 Å². The third-order valence-electron chi connectivity index (χ3n) is 7.56. The zero-order valence-electron chi connectivity index (χ0n) is 25.0. The van der Waals surface area contributed by atoms with E-state index in [0.29, 0.717) is 24.7 Å². The van der Waals surface area contributed by atoms with Crippen molar-refractivity contribution in [2.24, 2.45) is 0 Å². The molecule has 2 atom stereocenters. The Balaban J connectivity index is 1.78. The van der Waals surface area contributed by atoms with E-state index >= 15 is 0 Å². The van der Waals surface area contributed by atoms with E-state index in [1.807, 2.05) is 6.92 Å². The van der Waals surface area contributed by atoms with Crippen LogP contribution in [0, 0.1) is 0 Å². The molecule has 0 aliphatic rings. The molecule has 0 N–H and O–H groups in total. The number of unbranched alkanes of at least 4 members (excludes halogenated alkanes) is 13. The van der Waals surface area contributed by atoms with Crippen molar-refractivity contribution in [3.05, 3.63) is 54.1 Å². The molecule has 0 radical (unpaired) electrons. The highest BCUT2D eigenvalue weighted by Gasteiger charge is 2.16. The Morgan fingerprint density at radius 3 is 1.82 bits per heavy atom. The highest BCUT2D eigenvalue weighted by atomic mass is 16.5. The maximum Gasteiger partial charge on any atom is 0.306 e. The van der Waals surface area contributed by atoms with E-state index in [0.717, 1.165) is 24.8 Å². The molecule has 0 amide bonds. The Bertz CT molecular complexity index is 857. The van der Waals surface area contributed by atoms with Crippen LogP contribution in [0.5, 0.6) is 5.75 Å². The summed E-state index contributed by atoms with van der Waals surface area (Å²) in [5.41, 5.74) is 2.30. The SMILES string of the molecule is CCCCCCCCCCCC(=O)OC(C)c1ccc(C(CCCCCCCC)COc2cncnc2)cc1. The minimum Gasteiger partial charge on any atom is -0.490 e. The van der Waals surface area contributed by atoms with Crippen LogP contribution >= 0.6 is 0 Å². The van der Waals surface area contributed by atoms with E-state index in [1.54, 1.807) is 12.4 Å². The minimum atomic E-state index is -0.236. The lowest BCUT2D eigenvalue weighted by molar-refractivity contribution is -0.148. The molecular weight excluding hydrogens is 484 g/mol. The van der Waals surface area contributed by atoms with Gasteiger partial charge < -0.3 is 9.47 Å². The Kier molecular flexibility index (Phi) is 18.0. The second-order valence-corrected chi connectivity index (χ2v) is 11.0. The van der Waals surface area contributed by atoms with Crippen molar-refractivity contribution in [1.82, 2.24) is 9.97 Å². The highest BCUT2D eigenvalue weighted by molar-refractivity contribution is 5.69. The van der Waals surface area contributed by atoms with Crippen LogP contribution in [0.1, 0.15) is 153 Å². The zero-order valence-corrected chi connectivity index (χ0v) is 25.0. The first kappa shape index (κ1) is 32.8. The van der Waals surface area contributed by atoms with E-state index in [-0.39, 0.29) is 12.1 Å². The Hall–Kier alpha value is -2.43. The van der Waals surface area contributed by atoms with E-state index in [2.05, 4.69) is 48.1 Å². The van der Waals surface area contributed by atoms with Crippen molar-refractivity contribution in [2.75, 3.05) is 6.61 Å². The summed E-state index contributed by atoms with van der Waals surface area (Å²) in [6.07, 6.45) is 25.2. The molecule has 1 heterocycles. The van der Waals surface area contributed by atoms with Crippen LogP contribution in [-0.2, 0) is 9.53 Å². The van der Waals surface area contributed by atoms with Gasteiger partial charge in [0.25, 0.3) is 0 Å². The van der Waals surface area contributed by atoms with Crippen LogP contribution < -0.4 is 4.74 Å². The van der Waals surface area contributed by atoms with Crippen LogP contribution in [0.2, 0.25) is 0 Å². The predicted molar refractivity (Wildman–Crippen MR) is 161 cm³/mol.